The summed E-state index contributed by atoms with van der Waals surface area (Å²) in [4.78, 5) is 11.0. The lowest BCUT2D eigenvalue weighted by Gasteiger charge is -2.33. The number of aromatic nitrogens is 2. The van der Waals surface area contributed by atoms with Crippen LogP contribution in [-0.4, -0.2) is 35.6 Å². The van der Waals surface area contributed by atoms with Gasteiger partial charge in [-0.3, -0.25) is 0 Å². The van der Waals surface area contributed by atoms with Gasteiger partial charge in [0.15, 0.2) is 0 Å². The molecule has 5 nitrogen and oxygen atoms in total. The second kappa shape index (κ2) is 9.76. The number of furan rings is 1. The molecule has 5 heteroatoms. The fraction of sp³-hybridized carbons (Fsp3) is 0.700. The number of fused-ring (bicyclic) bond motifs is 1. The quantitative estimate of drug-likeness (QED) is 0.642. The number of nitrogens with zero attached hydrogens (tertiary/aromatic N) is 3. The highest BCUT2D eigenvalue weighted by Crippen LogP contribution is 2.26. The molecule has 0 radical (unpaired) electrons. The van der Waals surface area contributed by atoms with Gasteiger partial charge in [-0.25, -0.2) is 9.97 Å². The van der Waals surface area contributed by atoms with Gasteiger partial charge in [0.2, 0.25) is 5.71 Å². The van der Waals surface area contributed by atoms with Crippen LogP contribution in [0.3, 0.4) is 0 Å². The summed E-state index contributed by atoms with van der Waals surface area (Å²) in [5, 5.41) is 4.77. The zero-order chi connectivity index (χ0) is 17.3. The maximum absolute atomic E-state index is 5.39. The first-order valence-corrected chi connectivity index (χ1v) is 10.0. The Morgan fingerprint density at radius 2 is 1.84 bits per heavy atom. The van der Waals surface area contributed by atoms with Gasteiger partial charge in [0.1, 0.15) is 12.1 Å². The maximum atomic E-state index is 5.39. The molecule has 1 aliphatic heterocycles. The van der Waals surface area contributed by atoms with E-state index in [1.54, 1.807) is 12.6 Å². The Bertz CT molecular complexity index is 619. The fourth-order valence-corrected chi connectivity index (χ4v) is 3.71. The van der Waals surface area contributed by atoms with Gasteiger partial charge in [0, 0.05) is 19.1 Å². The first-order chi connectivity index (χ1) is 12.4. The molecule has 138 valence electrons. The minimum absolute atomic E-state index is 0.651. The van der Waals surface area contributed by atoms with Gasteiger partial charge in [0.25, 0.3) is 0 Å². The van der Waals surface area contributed by atoms with E-state index in [1.165, 1.54) is 57.8 Å². The van der Waals surface area contributed by atoms with Crippen LogP contribution in [0.15, 0.2) is 23.1 Å². The van der Waals surface area contributed by atoms with E-state index in [-0.39, 0.29) is 0 Å². The molecule has 0 aliphatic carbocycles. The number of hydrogen-bond acceptors (Lipinski definition) is 5. The molecule has 0 spiro atoms. The average molecular weight is 345 g/mol. The molecule has 0 atom stereocenters. The Morgan fingerprint density at radius 1 is 1.08 bits per heavy atom. The van der Waals surface area contributed by atoms with Crippen LogP contribution in [0.25, 0.3) is 11.1 Å². The predicted octanol–water partition coefficient (Wildman–Crippen LogP) is 4.53. The Hall–Kier alpha value is -1.62. The smallest absolute Gasteiger partial charge is 0.231 e. The minimum atomic E-state index is 0.651. The van der Waals surface area contributed by atoms with Crippen molar-refractivity contribution in [2.75, 3.05) is 24.5 Å². The summed E-state index contributed by atoms with van der Waals surface area (Å²) in [6.07, 6.45) is 15.3. The molecule has 1 aliphatic rings. The van der Waals surface area contributed by atoms with Gasteiger partial charge in [-0.05, 0) is 31.9 Å². The fourth-order valence-electron chi connectivity index (χ4n) is 3.71. The average Bonchev–Trinajstić information content (AvgIpc) is 3.13. The van der Waals surface area contributed by atoms with E-state index in [1.807, 2.05) is 6.07 Å². The SMILES string of the molecule is CCCCCCCCCNC1CCN(c2ncnc3occc23)CC1. The highest BCUT2D eigenvalue weighted by Gasteiger charge is 2.21. The zero-order valence-electron chi connectivity index (χ0n) is 15.5. The van der Waals surface area contributed by atoms with Crippen molar-refractivity contribution in [3.05, 3.63) is 18.7 Å². The third-order valence-electron chi connectivity index (χ3n) is 5.25. The molecular formula is C20H32N4O. The molecule has 0 aromatic carbocycles. The van der Waals surface area contributed by atoms with Gasteiger partial charge >= 0.3 is 0 Å². The van der Waals surface area contributed by atoms with E-state index in [2.05, 4.69) is 27.1 Å². The Labute approximate surface area is 151 Å². The van der Waals surface area contributed by atoms with Crippen LogP contribution in [0.5, 0.6) is 0 Å². The highest BCUT2D eigenvalue weighted by molar-refractivity contribution is 5.85. The highest BCUT2D eigenvalue weighted by atomic mass is 16.3. The second-order valence-corrected chi connectivity index (χ2v) is 7.17. The monoisotopic (exact) mass is 344 g/mol. The lowest BCUT2D eigenvalue weighted by Crippen LogP contribution is -2.43. The summed E-state index contributed by atoms with van der Waals surface area (Å²) in [6.45, 7) is 5.54. The first kappa shape index (κ1) is 18.2. The molecule has 2 aromatic heterocycles. The number of anilines is 1. The number of unbranched alkanes of at least 4 members (excludes halogenated alkanes) is 6. The lowest BCUT2D eigenvalue weighted by atomic mass is 10.0. The van der Waals surface area contributed by atoms with E-state index >= 15 is 0 Å². The van der Waals surface area contributed by atoms with Crippen molar-refractivity contribution in [1.82, 2.24) is 15.3 Å². The minimum Gasteiger partial charge on any atom is -0.446 e. The number of hydrogen-bond donors (Lipinski definition) is 1. The van der Waals surface area contributed by atoms with Gasteiger partial charge in [-0.15, -0.1) is 0 Å². The Morgan fingerprint density at radius 3 is 2.64 bits per heavy atom. The van der Waals surface area contributed by atoms with Crippen molar-refractivity contribution in [1.29, 1.82) is 0 Å². The number of nitrogens with one attached hydrogen (secondary N) is 1. The summed E-state index contributed by atoms with van der Waals surface area (Å²) >= 11 is 0. The zero-order valence-corrected chi connectivity index (χ0v) is 15.5. The van der Waals surface area contributed by atoms with Crippen LogP contribution in [0, 0.1) is 0 Å². The normalized spacial score (nSPS) is 16.0. The van der Waals surface area contributed by atoms with Crippen LogP contribution < -0.4 is 10.2 Å². The molecule has 2 aromatic rings. The van der Waals surface area contributed by atoms with E-state index in [0.29, 0.717) is 11.8 Å². The van der Waals surface area contributed by atoms with Gasteiger partial charge < -0.3 is 14.6 Å². The van der Waals surface area contributed by atoms with Crippen LogP contribution in [0.1, 0.15) is 64.7 Å². The molecule has 1 saturated heterocycles. The third kappa shape index (κ3) is 5.18. The van der Waals surface area contributed by atoms with Gasteiger partial charge in [0.05, 0.1) is 11.6 Å². The van der Waals surface area contributed by atoms with E-state index in [9.17, 15) is 0 Å². The molecule has 25 heavy (non-hydrogen) atoms. The molecule has 0 unspecified atom stereocenters. The van der Waals surface area contributed by atoms with E-state index < -0.39 is 0 Å². The van der Waals surface area contributed by atoms with Crippen molar-refractivity contribution in [3.63, 3.8) is 0 Å². The Kier molecular flexibility index (Phi) is 7.10. The van der Waals surface area contributed by atoms with Crippen LogP contribution >= 0.6 is 0 Å². The largest absolute Gasteiger partial charge is 0.446 e. The Balaban J connectivity index is 1.33. The molecule has 0 saturated carbocycles. The molecule has 3 rings (SSSR count). The van der Waals surface area contributed by atoms with Crippen molar-refractivity contribution in [2.45, 2.75) is 70.8 Å². The predicted molar refractivity (Wildman–Crippen MR) is 103 cm³/mol. The summed E-state index contributed by atoms with van der Waals surface area (Å²) in [5.74, 6) is 1.02. The standard InChI is InChI=1S/C20H32N4O/c1-2-3-4-5-6-7-8-12-21-17-9-13-24(14-10-17)19-18-11-15-25-20(18)23-16-22-19/h11,15-17,21H,2-10,12-14H2,1H3. The van der Waals surface area contributed by atoms with Crippen molar-refractivity contribution >= 4 is 16.9 Å². The second-order valence-electron chi connectivity index (χ2n) is 7.17. The van der Waals surface area contributed by atoms with Gasteiger partial charge in [-0.1, -0.05) is 45.4 Å². The lowest BCUT2D eigenvalue weighted by molar-refractivity contribution is 0.407. The summed E-state index contributed by atoms with van der Waals surface area (Å²) in [5.41, 5.74) is 0.684. The van der Waals surface area contributed by atoms with Gasteiger partial charge in [-0.2, -0.15) is 0 Å². The first-order valence-electron chi connectivity index (χ1n) is 10.0. The molecule has 0 amide bonds. The summed E-state index contributed by atoms with van der Waals surface area (Å²) in [6, 6.07) is 2.62. The van der Waals surface area contributed by atoms with E-state index in [0.717, 1.165) is 30.8 Å². The third-order valence-corrected chi connectivity index (χ3v) is 5.25. The molecular weight excluding hydrogens is 312 g/mol. The van der Waals surface area contributed by atoms with Crippen molar-refractivity contribution < 1.29 is 4.42 Å². The van der Waals surface area contributed by atoms with Crippen molar-refractivity contribution in [2.24, 2.45) is 0 Å². The van der Waals surface area contributed by atoms with Crippen LogP contribution in [-0.2, 0) is 0 Å². The number of piperidine rings is 1. The molecule has 1 N–H and O–H groups in total. The van der Waals surface area contributed by atoms with E-state index in [4.69, 9.17) is 4.42 Å². The van der Waals surface area contributed by atoms with Crippen molar-refractivity contribution in [3.8, 4) is 0 Å². The van der Waals surface area contributed by atoms with Crippen LogP contribution in [0.2, 0.25) is 0 Å². The maximum Gasteiger partial charge on any atom is 0.231 e. The number of rotatable bonds is 10. The summed E-state index contributed by atoms with van der Waals surface area (Å²) < 4.78 is 5.39. The van der Waals surface area contributed by atoms with Crippen LogP contribution in [0.4, 0.5) is 5.82 Å². The molecule has 0 bridgehead atoms. The topological polar surface area (TPSA) is 54.2 Å². The molecule has 3 heterocycles. The molecule has 1 fully saturated rings. The summed E-state index contributed by atoms with van der Waals surface area (Å²) in [7, 11) is 0.